The Morgan fingerprint density at radius 1 is 1.06 bits per heavy atom. The van der Waals surface area contributed by atoms with Crippen molar-refractivity contribution in [3.8, 4) is 17.2 Å². The number of pyridine rings is 1. The molecule has 0 spiro atoms. The minimum atomic E-state index is 0.00583. The monoisotopic (exact) mass is 461 g/mol. The van der Waals surface area contributed by atoms with Gasteiger partial charge in [-0.05, 0) is 73.2 Å². The Labute approximate surface area is 200 Å². The van der Waals surface area contributed by atoms with Crippen molar-refractivity contribution in [2.75, 3.05) is 27.3 Å². The molecule has 1 atom stereocenters. The molecule has 34 heavy (non-hydrogen) atoms. The highest BCUT2D eigenvalue weighted by atomic mass is 16.5. The first-order valence-electron chi connectivity index (χ1n) is 11.5. The molecule has 0 bridgehead atoms. The van der Waals surface area contributed by atoms with Crippen molar-refractivity contribution in [3.05, 3.63) is 82.7 Å². The van der Waals surface area contributed by atoms with Crippen LogP contribution in [0.25, 0.3) is 0 Å². The molecule has 1 aliphatic rings. The number of hydrogen-bond acceptors (Lipinski definition) is 7. The van der Waals surface area contributed by atoms with Gasteiger partial charge in [0, 0.05) is 12.2 Å². The smallest absolute Gasteiger partial charge is 0.161 e. The van der Waals surface area contributed by atoms with Gasteiger partial charge in [0.25, 0.3) is 0 Å². The van der Waals surface area contributed by atoms with Gasteiger partial charge in [0.2, 0.25) is 0 Å². The maximum atomic E-state index is 9.81. The molecule has 0 saturated heterocycles. The fourth-order valence-electron chi connectivity index (χ4n) is 4.68. The van der Waals surface area contributed by atoms with Crippen LogP contribution in [0.15, 0.2) is 59.8 Å². The van der Waals surface area contributed by atoms with E-state index in [1.165, 1.54) is 16.7 Å². The van der Waals surface area contributed by atoms with Crippen LogP contribution in [-0.4, -0.2) is 53.7 Å². The number of rotatable bonds is 9. The van der Waals surface area contributed by atoms with Crippen LogP contribution >= 0.6 is 0 Å². The summed E-state index contributed by atoms with van der Waals surface area (Å²) in [5.74, 6) is 1.53. The van der Waals surface area contributed by atoms with Crippen LogP contribution < -0.4 is 9.47 Å². The van der Waals surface area contributed by atoms with Gasteiger partial charge in [-0.3, -0.25) is 4.90 Å². The summed E-state index contributed by atoms with van der Waals surface area (Å²) < 4.78 is 11.2. The predicted molar refractivity (Wildman–Crippen MR) is 131 cm³/mol. The van der Waals surface area contributed by atoms with E-state index in [0.717, 1.165) is 62.2 Å². The summed E-state index contributed by atoms with van der Waals surface area (Å²) in [5, 5.41) is 21.5. The van der Waals surface area contributed by atoms with Crippen molar-refractivity contribution in [2.45, 2.75) is 31.7 Å². The predicted octanol–water partition coefficient (Wildman–Crippen LogP) is 4.58. The van der Waals surface area contributed by atoms with Crippen LogP contribution in [0.2, 0.25) is 0 Å². The van der Waals surface area contributed by atoms with Crippen LogP contribution in [0.5, 0.6) is 17.2 Å². The summed E-state index contributed by atoms with van der Waals surface area (Å²) >= 11 is 0. The second kappa shape index (κ2) is 11.0. The van der Waals surface area contributed by atoms with E-state index in [1.807, 2.05) is 12.1 Å². The zero-order valence-corrected chi connectivity index (χ0v) is 19.6. The van der Waals surface area contributed by atoms with Gasteiger partial charge in [0.15, 0.2) is 11.5 Å². The minimum Gasteiger partial charge on any atom is -0.506 e. The number of ether oxygens (including phenoxy) is 2. The molecule has 4 rings (SSSR count). The van der Waals surface area contributed by atoms with Gasteiger partial charge in [-0.25, -0.2) is 4.98 Å². The van der Waals surface area contributed by atoms with Crippen molar-refractivity contribution in [1.29, 1.82) is 0 Å². The molecule has 0 fully saturated rings. The van der Waals surface area contributed by atoms with E-state index in [4.69, 9.17) is 14.7 Å². The zero-order valence-electron chi connectivity index (χ0n) is 19.6. The van der Waals surface area contributed by atoms with Gasteiger partial charge in [-0.2, -0.15) is 0 Å². The lowest BCUT2D eigenvalue weighted by atomic mass is 9.87. The molecule has 3 aromatic rings. The van der Waals surface area contributed by atoms with E-state index in [-0.39, 0.29) is 17.5 Å². The number of benzene rings is 2. The van der Waals surface area contributed by atoms with Crippen molar-refractivity contribution < 1.29 is 19.8 Å². The van der Waals surface area contributed by atoms with E-state index >= 15 is 0 Å². The maximum absolute atomic E-state index is 9.81. The highest BCUT2D eigenvalue weighted by molar-refractivity contribution is 5.80. The third kappa shape index (κ3) is 5.15. The minimum absolute atomic E-state index is 0.00583. The number of hydrogen-bond donors (Lipinski definition) is 2. The largest absolute Gasteiger partial charge is 0.506 e. The molecule has 0 amide bonds. The molecule has 2 aromatic carbocycles. The number of unbranched alkanes of at least 4 members (excludes halogenated alkanes) is 1. The van der Waals surface area contributed by atoms with Gasteiger partial charge in [-0.15, -0.1) is 0 Å². The van der Waals surface area contributed by atoms with Gasteiger partial charge < -0.3 is 19.8 Å². The number of aryl methyl sites for hydroxylation is 1. The number of aromatic nitrogens is 1. The van der Waals surface area contributed by atoms with Crippen LogP contribution in [-0.2, 0) is 12.8 Å². The first-order valence-corrected chi connectivity index (χ1v) is 11.5. The Morgan fingerprint density at radius 3 is 2.56 bits per heavy atom. The van der Waals surface area contributed by atoms with Crippen LogP contribution in [0, 0.1) is 0 Å². The Hall–Kier alpha value is -3.58. The molecule has 2 N–H and O–H groups in total. The van der Waals surface area contributed by atoms with Crippen LogP contribution in [0.4, 0.5) is 0 Å². The third-order valence-electron chi connectivity index (χ3n) is 6.36. The highest BCUT2D eigenvalue weighted by Crippen LogP contribution is 2.41. The van der Waals surface area contributed by atoms with E-state index in [1.54, 1.807) is 20.3 Å². The quantitative estimate of drug-likeness (QED) is 0.210. The van der Waals surface area contributed by atoms with Gasteiger partial charge in [0.1, 0.15) is 11.4 Å². The van der Waals surface area contributed by atoms with Crippen LogP contribution in [0.1, 0.15) is 47.0 Å². The van der Waals surface area contributed by atoms with Crippen molar-refractivity contribution in [2.24, 2.45) is 5.16 Å². The summed E-state index contributed by atoms with van der Waals surface area (Å²) in [5.41, 5.74) is 4.98. The van der Waals surface area contributed by atoms with E-state index < -0.39 is 0 Å². The molecule has 0 saturated carbocycles. The first-order chi connectivity index (χ1) is 16.6. The highest BCUT2D eigenvalue weighted by Gasteiger charge is 2.30. The molecular formula is C27H31N3O4. The summed E-state index contributed by atoms with van der Waals surface area (Å²) in [6.45, 7) is 1.92. The average Bonchev–Trinajstić information content (AvgIpc) is 2.87. The molecule has 1 aliphatic heterocycles. The van der Waals surface area contributed by atoms with Crippen LogP contribution in [0.3, 0.4) is 0 Å². The van der Waals surface area contributed by atoms with E-state index in [0.29, 0.717) is 0 Å². The van der Waals surface area contributed by atoms with Gasteiger partial charge in [-0.1, -0.05) is 35.5 Å². The molecular weight excluding hydrogens is 430 g/mol. The number of methoxy groups -OCH3 is 2. The Balaban J connectivity index is 1.50. The molecule has 0 radical (unpaired) electrons. The average molecular weight is 462 g/mol. The summed E-state index contributed by atoms with van der Waals surface area (Å²) in [6.07, 6.45) is 4.88. The lowest BCUT2D eigenvalue weighted by Crippen LogP contribution is -2.37. The molecule has 1 unspecified atom stereocenters. The van der Waals surface area contributed by atoms with Gasteiger partial charge in [0.05, 0.1) is 26.5 Å². The molecule has 7 heteroatoms. The van der Waals surface area contributed by atoms with Crippen molar-refractivity contribution in [1.82, 2.24) is 9.88 Å². The number of aromatic hydroxyl groups is 1. The summed E-state index contributed by atoms with van der Waals surface area (Å²) in [4.78, 5) is 6.91. The summed E-state index contributed by atoms with van der Waals surface area (Å²) in [6, 6.07) is 18.4. The van der Waals surface area contributed by atoms with E-state index in [2.05, 4.69) is 51.4 Å². The second-order valence-electron chi connectivity index (χ2n) is 8.41. The second-order valence-corrected chi connectivity index (χ2v) is 8.41. The fraction of sp³-hybridized carbons (Fsp3) is 0.333. The van der Waals surface area contributed by atoms with E-state index in [9.17, 15) is 5.11 Å². The molecule has 0 aliphatic carbocycles. The molecule has 2 heterocycles. The molecule has 7 nitrogen and oxygen atoms in total. The number of oxime groups is 1. The molecule has 1 aromatic heterocycles. The topological polar surface area (TPSA) is 87.4 Å². The molecule has 178 valence electrons. The standard InChI is InChI=1S/C27H31N3O4/c1-33-25-16-20-13-15-30(14-7-6-10-21-11-12-24(31)23(29-21)18-28-32)27(19-8-4-3-5-9-19)22(20)17-26(25)34-2/h3-5,8-9,11-12,16-18,27,31-32H,6-7,10,13-15H2,1-2H3/b28-18+. The van der Waals surface area contributed by atoms with Crippen molar-refractivity contribution in [3.63, 3.8) is 0 Å². The Morgan fingerprint density at radius 2 is 1.82 bits per heavy atom. The Kier molecular flexibility index (Phi) is 7.65. The number of nitrogens with zero attached hydrogens (tertiary/aromatic N) is 3. The third-order valence-corrected chi connectivity index (χ3v) is 6.36. The number of fused-ring (bicyclic) bond motifs is 1. The zero-order chi connectivity index (χ0) is 23.9. The van der Waals surface area contributed by atoms with Crippen molar-refractivity contribution >= 4 is 6.21 Å². The van der Waals surface area contributed by atoms with Gasteiger partial charge >= 0.3 is 0 Å². The fourth-order valence-corrected chi connectivity index (χ4v) is 4.68. The Bertz CT molecular complexity index is 1130. The normalized spacial score (nSPS) is 15.9. The SMILES string of the molecule is COc1cc2c(cc1OC)C(c1ccccc1)N(CCCCc1ccc(O)c(/C=N/O)n1)CC2. The lowest BCUT2D eigenvalue weighted by Gasteiger charge is -2.38. The summed E-state index contributed by atoms with van der Waals surface area (Å²) in [7, 11) is 3.36. The lowest BCUT2D eigenvalue weighted by molar-refractivity contribution is 0.208. The maximum Gasteiger partial charge on any atom is 0.161 e. The first kappa shape index (κ1) is 23.6.